The highest BCUT2D eigenvalue weighted by molar-refractivity contribution is 6.08. The minimum atomic E-state index is -0.277. The molecule has 0 spiro atoms. The lowest BCUT2D eigenvalue weighted by Gasteiger charge is -2.24. The Hall–Kier alpha value is -2.37. The number of nitrogens with zero attached hydrogens (tertiary/aromatic N) is 1. The van der Waals surface area contributed by atoms with Gasteiger partial charge in [-0.3, -0.25) is 19.3 Å². The largest absolute Gasteiger partial charge is 0.469 e. The van der Waals surface area contributed by atoms with Crippen molar-refractivity contribution in [2.24, 2.45) is 23.7 Å². The van der Waals surface area contributed by atoms with Gasteiger partial charge in [0.2, 0.25) is 17.7 Å². The van der Waals surface area contributed by atoms with Gasteiger partial charge in [-0.1, -0.05) is 12.2 Å². The molecular formula is C19H20N2O4. The normalized spacial score (nSPS) is 35.2. The van der Waals surface area contributed by atoms with Crippen LogP contribution < -0.4 is 5.32 Å². The standard InChI is InChI=1S/C19H20N2O4/c22-15(20-13-2-1-3-14-12(13)6-7-25-14)9-21-18(23)16-10-4-5-11(8-10)17(16)19(21)24/h4-7,10-11,13,16-17H,1-3,8-9H2,(H,20,22)/t10-,11-,13+,16-,17+/m0/s1. The number of imide groups is 1. The molecular weight excluding hydrogens is 320 g/mol. The molecule has 5 atom stereocenters. The highest BCUT2D eigenvalue weighted by Gasteiger charge is 2.59. The fourth-order valence-electron chi connectivity index (χ4n) is 5.14. The minimum Gasteiger partial charge on any atom is -0.469 e. The van der Waals surface area contributed by atoms with Gasteiger partial charge in [0, 0.05) is 12.0 Å². The van der Waals surface area contributed by atoms with Crippen LogP contribution in [-0.2, 0) is 20.8 Å². The molecule has 6 heteroatoms. The van der Waals surface area contributed by atoms with Crippen LogP contribution in [0.3, 0.4) is 0 Å². The van der Waals surface area contributed by atoms with Gasteiger partial charge in [0.15, 0.2) is 0 Å². The summed E-state index contributed by atoms with van der Waals surface area (Å²) in [5, 5.41) is 2.97. The van der Waals surface area contributed by atoms with Crippen molar-refractivity contribution in [3.05, 3.63) is 35.8 Å². The average Bonchev–Trinajstić information content (AvgIpc) is 3.35. The van der Waals surface area contributed by atoms with Gasteiger partial charge in [0.25, 0.3) is 0 Å². The summed E-state index contributed by atoms with van der Waals surface area (Å²) >= 11 is 0. The molecule has 25 heavy (non-hydrogen) atoms. The quantitative estimate of drug-likeness (QED) is 0.669. The number of likely N-dealkylation sites (tertiary alicyclic amines) is 1. The van der Waals surface area contributed by atoms with Crippen LogP contribution in [0.15, 0.2) is 28.9 Å². The smallest absolute Gasteiger partial charge is 0.240 e. The minimum absolute atomic E-state index is 0.0971. The SMILES string of the molecule is O=C(CN1C(=O)[C@@H]2[C@H](C1=O)[C@H]1C=C[C@H]2C1)N[C@@H]1CCCc2occc21. The summed E-state index contributed by atoms with van der Waals surface area (Å²) in [5.41, 5.74) is 1.01. The monoisotopic (exact) mass is 340 g/mol. The van der Waals surface area contributed by atoms with Crippen LogP contribution in [0.2, 0.25) is 0 Å². The van der Waals surface area contributed by atoms with E-state index in [1.165, 1.54) is 4.90 Å². The number of carbonyl (C=O) groups excluding carboxylic acids is 3. The lowest BCUT2D eigenvalue weighted by Crippen LogP contribution is -2.43. The van der Waals surface area contributed by atoms with Crippen LogP contribution in [0.4, 0.5) is 0 Å². The zero-order valence-corrected chi connectivity index (χ0v) is 13.8. The molecule has 4 aliphatic rings. The Labute approximate surface area is 145 Å². The van der Waals surface area contributed by atoms with E-state index in [9.17, 15) is 14.4 Å². The van der Waals surface area contributed by atoms with Crippen molar-refractivity contribution < 1.29 is 18.8 Å². The van der Waals surface area contributed by atoms with E-state index in [1.807, 2.05) is 6.07 Å². The molecule has 2 bridgehead atoms. The number of furan rings is 1. The van der Waals surface area contributed by atoms with Crippen molar-refractivity contribution in [1.29, 1.82) is 0 Å². The highest BCUT2D eigenvalue weighted by Crippen LogP contribution is 2.52. The summed E-state index contributed by atoms with van der Waals surface area (Å²) in [4.78, 5) is 39.0. The highest BCUT2D eigenvalue weighted by atomic mass is 16.3. The summed E-state index contributed by atoms with van der Waals surface area (Å²) in [7, 11) is 0. The predicted molar refractivity (Wildman–Crippen MR) is 87.0 cm³/mol. The van der Waals surface area contributed by atoms with Crippen LogP contribution >= 0.6 is 0 Å². The Kier molecular flexibility index (Phi) is 3.17. The van der Waals surface area contributed by atoms with Gasteiger partial charge in [0.05, 0.1) is 24.1 Å². The first kappa shape index (κ1) is 14.9. The molecule has 1 aromatic rings. The van der Waals surface area contributed by atoms with Crippen molar-refractivity contribution in [2.75, 3.05) is 6.54 Å². The molecule has 1 aliphatic heterocycles. The fraction of sp³-hybridized carbons (Fsp3) is 0.526. The van der Waals surface area contributed by atoms with Gasteiger partial charge in [-0.05, 0) is 37.2 Å². The first-order valence-electron chi connectivity index (χ1n) is 9.02. The maximum Gasteiger partial charge on any atom is 0.240 e. The second kappa shape index (κ2) is 5.31. The molecule has 1 saturated heterocycles. The number of fused-ring (bicyclic) bond motifs is 6. The van der Waals surface area contributed by atoms with E-state index in [0.29, 0.717) is 0 Å². The molecule has 0 radical (unpaired) electrons. The van der Waals surface area contributed by atoms with Gasteiger partial charge >= 0.3 is 0 Å². The maximum atomic E-state index is 12.6. The number of allylic oxidation sites excluding steroid dienone is 2. The summed E-state index contributed by atoms with van der Waals surface area (Å²) in [5.74, 6) is 0.154. The van der Waals surface area contributed by atoms with Crippen molar-refractivity contribution in [3.63, 3.8) is 0 Å². The van der Waals surface area contributed by atoms with Gasteiger partial charge in [-0.15, -0.1) is 0 Å². The first-order valence-corrected chi connectivity index (χ1v) is 9.02. The van der Waals surface area contributed by atoms with Crippen LogP contribution in [-0.4, -0.2) is 29.2 Å². The van der Waals surface area contributed by atoms with Gasteiger partial charge in [0.1, 0.15) is 12.3 Å². The molecule has 2 heterocycles. The van der Waals surface area contributed by atoms with Crippen LogP contribution in [0.1, 0.15) is 36.6 Å². The third kappa shape index (κ3) is 2.12. The topological polar surface area (TPSA) is 79.6 Å². The molecule has 0 aromatic carbocycles. The Bertz CT molecular complexity index is 765. The van der Waals surface area contributed by atoms with E-state index in [2.05, 4.69) is 17.5 Å². The zero-order valence-electron chi connectivity index (χ0n) is 13.8. The molecule has 0 unspecified atom stereocenters. The van der Waals surface area contributed by atoms with Crippen LogP contribution in [0, 0.1) is 23.7 Å². The van der Waals surface area contributed by atoms with E-state index in [0.717, 1.165) is 37.0 Å². The van der Waals surface area contributed by atoms with Crippen molar-refractivity contribution in [1.82, 2.24) is 10.2 Å². The average molecular weight is 340 g/mol. The number of hydrogen-bond donors (Lipinski definition) is 1. The van der Waals surface area contributed by atoms with E-state index in [4.69, 9.17) is 4.42 Å². The molecule has 1 N–H and O–H groups in total. The number of nitrogens with one attached hydrogen (secondary N) is 1. The second-order valence-electron chi connectivity index (χ2n) is 7.57. The summed E-state index contributed by atoms with van der Waals surface area (Å²) in [6.07, 6.45) is 9.35. The number of amides is 3. The summed E-state index contributed by atoms with van der Waals surface area (Å²) in [6.45, 7) is -0.173. The van der Waals surface area contributed by atoms with Gasteiger partial charge in [-0.2, -0.15) is 0 Å². The molecule has 3 amide bonds. The molecule has 2 fully saturated rings. The molecule has 5 rings (SSSR count). The van der Waals surface area contributed by atoms with E-state index >= 15 is 0 Å². The molecule has 1 aromatic heterocycles. The van der Waals surface area contributed by atoms with Gasteiger partial charge in [-0.25, -0.2) is 0 Å². The maximum absolute atomic E-state index is 12.6. The second-order valence-corrected chi connectivity index (χ2v) is 7.57. The molecule has 130 valence electrons. The van der Waals surface area contributed by atoms with E-state index in [-0.39, 0.29) is 54.0 Å². The number of aryl methyl sites for hydroxylation is 1. The van der Waals surface area contributed by atoms with Crippen molar-refractivity contribution in [3.8, 4) is 0 Å². The zero-order chi connectivity index (χ0) is 17.1. The van der Waals surface area contributed by atoms with Crippen LogP contribution in [0.25, 0.3) is 0 Å². The van der Waals surface area contributed by atoms with Gasteiger partial charge < -0.3 is 9.73 Å². The molecule has 6 nitrogen and oxygen atoms in total. The predicted octanol–water partition coefficient (Wildman–Crippen LogP) is 1.58. The number of rotatable bonds is 3. The van der Waals surface area contributed by atoms with Crippen molar-refractivity contribution in [2.45, 2.75) is 31.7 Å². The number of carbonyl (C=O) groups is 3. The Balaban J connectivity index is 1.28. The molecule has 1 saturated carbocycles. The van der Waals surface area contributed by atoms with Crippen LogP contribution in [0.5, 0.6) is 0 Å². The Morgan fingerprint density at radius 2 is 1.92 bits per heavy atom. The number of hydrogen-bond acceptors (Lipinski definition) is 4. The summed E-state index contributed by atoms with van der Waals surface area (Å²) in [6, 6.07) is 1.79. The lowest BCUT2D eigenvalue weighted by atomic mass is 9.85. The lowest BCUT2D eigenvalue weighted by molar-refractivity contribution is -0.144. The molecule has 3 aliphatic carbocycles. The van der Waals surface area contributed by atoms with E-state index < -0.39 is 0 Å². The third-order valence-corrected chi connectivity index (χ3v) is 6.25. The van der Waals surface area contributed by atoms with Crippen molar-refractivity contribution >= 4 is 17.7 Å². The summed E-state index contributed by atoms with van der Waals surface area (Å²) < 4.78 is 5.44. The first-order chi connectivity index (χ1) is 12.1. The van der Waals surface area contributed by atoms with E-state index in [1.54, 1.807) is 6.26 Å². The third-order valence-electron chi connectivity index (χ3n) is 6.25. The Morgan fingerprint density at radius 1 is 1.20 bits per heavy atom. The fourth-order valence-corrected chi connectivity index (χ4v) is 5.14. The Morgan fingerprint density at radius 3 is 2.64 bits per heavy atom.